The zero-order valence-corrected chi connectivity index (χ0v) is 9.37. The molecule has 16 heavy (non-hydrogen) atoms. The molecule has 1 rings (SSSR count). The van der Waals surface area contributed by atoms with Gasteiger partial charge in [0.05, 0.1) is 12.1 Å². The largest absolute Gasteiger partial charge is 0.449 e. The topological polar surface area (TPSA) is 84.2 Å². The molecular weight excluding hydrogens is 210 g/mol. The van der Waals surface area contributed by atoms with Crippen LogP contribution in [-0.2, 0) is 16.0 Å². The minimum Gasteiger partial charge on any atom is -0.449 e. The number of oxazole rings is 1. The molecule has 6 nitrogen and oxygen atoms in total. The second-order valence-electron chi connectivity index (χ2n) is 3.37. The normalized spacial score (nSPS) is 9.88. The Morgan fingerprint density at radius 1 is 1.38 bits per heavy atom. The molecule has 0 bridgehead atoms. The van der Waals surface area contributed by atoms with Gasteiger partial charge in [-0.15, -0.1) is 0 Å². The van der Waals surface area contributed by atoms with Gasteiger partial charge >= 0.3 is 0 Å². The van der Waals surface area contributed by atoms with Crippen LogP contribution in [0.25, 0.3) is 0 Å². The van der Waals surface area contributed by atoms with Gasteiger partial charge in [0.2, 0.25) is 11.8 Å². The molecule has 6 heteroatoms. The molecule has 0 radical (unpaired) electrons. The third-order valence-electron chi connectivity index (χ3n) is 1.83. The van der Waals surface area contributed by atoms with E-state index in [1.807, 2.05) is 0 Å². The minimum atomic E-state index is -0.140. The van der Waals surface area contributed by atoms with Gasteiger partial charge in [-0.2, -0.15) is 0 Å². The zero-order chi connectivity index (χ0) is 12.0. The summed E-state index contributed by atoms with van der Waals surface area (Å²) in [4.78, 5) is 25.9. The van der Waals surface area contributed by atoms with Crippen LogP contribution in [-0.4, -0.2) is 29.9 Å². The fourth-order valence-electron chi connectivity index (χ4n) is 1.16. The molecule has 0 atom stereocenters. The lowest BCUT2D eigenvalue weighted by molar-refractivity contribution is -0.121. The quantitative estimate of drug-likeness (QED) is 0.678. The van der Waals surface area contributed by atoms with E-state index in [1.165, 1.54) is 13.2 Å². The second-order valence-corrected chi connectivity index (χ2v) is 3.37. The predicted octanol–water partition coefficient (Wildman–Crippen LogP) is -0.222. The first-order valence-electron chi connectivity index (χ1n) is 5.00. The molecule has 0 saturated carbocycles. The second kappa shape index (κ2) is 5.89. The van der Waals surface area contributed by atoms with Gasteiger partial charge in [0.15, 0.2) is 5.89 Å². The molecule has 0 fully saturated rings. The summed E-state index contributed by atoms with van der Waals surface area (Å²) in [5.74, 6) is 0.293. The molecule has 1 aromatic rings. The van der Waals surface area contributed by atoms with E-state index in [1.54, 1.807) is 6.92 Å². The summed E-state index contributed by atoms with van der Waals surface area (Å²) in [5.41, 5.74) is 0.606. The highest BCUT2D eigenvalue weighted by molar-refractivity contribution is 5.78. The molecule has 2 N–H and O–H groups in total. The van der Waals surface area contributed by atoms with Crippen LogP contribution in [0.15, 0.2) is 10.7 Å². The molecule has 0 spiro atoms. The Morgan fingerprint density at radius 2 is 2.06 bits per heavy atom. The van der Waals surface area contributed by atoms with Crippen LogP contribution in [0.1, 0.15) is 18.5 Å². The van der Waals surface area contributed by atoms with E-state index in [0.29, 0.717) is 24.7 Å². The number of aromatic nitrogens is 1. The van der Waals surface area contributed by atoms with E-state index in [4.69, 9.17) is 4.42 Å². The lowest BCUT2D eigenvalue weighted by Gasteiger charge is -2.03. The van der Waals surface area contributed by atoms with Gasteiger partial charge in [-0.3, -0.25) is 9.59 Å². The molecule has 1 aromatic heterocycles. The smallest absolute Gasteiger partial charge is 0.226 e. The average molecular weight is 225 g/mol. The van der Waals surface area contributed by atoms with Gasteiger partial charge < -0.3 is 15.1 Å². The number of aryl methyl sites for hydroxylation is 1. The van der Waals surface area contributed by atoms with Gasteiger partial charge in [0.1, 0.15) is 6.26 Å². The van der Waals surface area contributed by atoms with Crippen LogP contribution in [0, 0.1) is 6.92 Å². The summed E-state index contributed by atoms with van der Waals surface area (Å²) < 4.78 is 4.97. The summed E-state index contributed by atoms with van der Waals surface area (Å²) in [6, 6.07) is 0. The summed E-state index contributed by atoms with van der Waals surface area (Å²) in [7, 11) is 0. The molecule has 0 saturated heterocycles. The third kappa shape index (κ3) is 4.59. The van der Waals surface area contributed by atoms with Crippen molar-refractivity contribution in [3.05, 3.63) is 17.8 Å². The Balaban J connectivity index is 2.18. The Bertz CT molecular complexity index is 373. The number of carbonyl (C=O) groups excluding carboxylic acids is 2. The van der Waals surface area contributed by atoms with Crippen molar-refractivity contribution in [2.75, 3.05) is 13.1 Å². The van der Waals surface area contributed by atoms with Gasteiger partial charge in [-0.1, -0.05) is 0 Å². The van der Waals surface area contributed by atoms with E-state index in [-0.39, 0.29) is 18.2 Å². The summed E-state index contributed by atoms with van der Waals surface area (Å²) in [5, 5.41) is 5.24. The van der Waals surface area contributed by atoms with Crippen molar-refractivity contribution in [3.63, 3.8) is 0 Å². The van der Waals surface area contributed by atoms with Crippen LogP contribution in [0.3, 0.4) is 0 Å². The number of carbonyl (C=O) groups is 2. The highest BCUT2D eigenvalue weighted by atomic mass is 16.3. The monoisotopic (exact) mass is 225 g/mol. The molecule has 1 heterocycles. The SMILES string of the molecule is CC(=O)NCCNC(=O)Cc1coc(C)n1. The molecule has 0 unspecified atom stereocenters. The lowest BCUT2D eigenvalue weighted by atomic mass is 10.3. The van der Waals surface area contributed by atoms with E-state index in [2.05, 4.69) is 15.6 Å². The summed E-state index contributed by atoms with van der Waals surface area (Å²) >= 11 is 0. The number of amides is 2. The first-order valence-corrected chi connectivity index (χ1v) is 5.00. The van der Waals surface area contributed by atoms with Gasteiger partial charge in [-0.25, -0.2) is 4.98 Å². The Hall–Kier alpha value is -1.85. The highest BCUT2D eigenvalue weighted by Crippen LogP contribution is 2.00. The molecule has 0 aliphatic rings. The van der Waals surface area contributed by atoms with Crippen molar-refractivity contribution < 1.29 is 14.0 Å². The Kier molecular flexibility index (Phi) is 4.50. The van der Waals surface area contributed by atoms with Crippen molar-refractivity contribution >= 4 is 11.8 Å². The number of hydrogen-bond donors (Lipinski definition) is 2. The fourth-order valence-corrected chi connectivity index (χ4v) is 1.16. The number of hydrogen-bond acceptors (Lipinski definition) is 4. The number of rotatable bonds is 5. The van der Waals surface area contributed by atoms with E-state index < -0.39 is 0 Å². The fraction of sp³-hybridized carbons (Fsp3) is 0.500. The summed E-state index contributed by atoms with van der Waals surface area (Å²) in [6.07, 6.45) is 1.65. The summed E-state index contributed by atoms with van der Waals surface area (Å²) in [6.45, 7) is 3.99. The van der Waals surface area contributed by atoms with Crippen LogP contribution < -0.4 is 10.6 Å². The van der Waals surface area contributed by atoms with Crippen molar-refractivity contribution in [1.29, 1.82) is 0 Å². The molecule has 2 amide bonds. The van der Waals surface area contributed by atoms with Gasteiger partial charge in [0, 0.05) is 26.9 Å². The Labute approximate surface area is 93.4 Å². The van der Waals surface area contributed by atoms with Crippen molar-refractivity contribution in [2.24, 2.45) is 0 Å². The zero-order valence-electron chi connectivity index (χ0n) is 9.37. The average Bonchev–Trinajstić information content (AvgIpc) is 2.58. The van der Waals surface area contributed by atoms with Crippen LogP contribution in [0.5, 0.6) is 0 Å². The molecule has 0 aliphatic heterocycles. The lowest BCUT2D eigenvalue weighted by Crippen LogP contribution is -2.34. The maximum Gasteiger partial charge on any atom is 0.226 e. The van der Waals surface area contributed by atoms with E-state index in [0.717, 1.165) is 0 Å². The maximum absolute atomic E-state index is 11.4. The first kappa shape index (κ1) is 12.2. The van der Waals surface area contributed by atoms with Crippen molar-refractivity contribution in [3.8, 4) is 0 Å². The number of nitrogens with zero attached hydrogens (tertiary/aromatic N) is 1. The predicted molar refractivity (Wildman–Crippen MR) is 56.6 cm³/mol. The molecule has 88 valence electrons. The molecule has 0 aliphatic carbocycles. The number of nitrogens with one attached hydrogen (secondary N) is 2. The van der Waals surface area contributed by atoms with E-state index >= 15 is 0 Å². The molecule has 0 aromatic carbocycles. The first-order chi connectivity index (χ1) is 7.58. The van der Waals surface area contributed by atoms with Crippen LogP contribution in [0.2, 0.25) is 0 Å². The minimum absolute atomic E-state index is 0.110. The highest BCUT2D eigenvalue weighted by Gasteiger charge is 2.06. The van der Waals surface area contributed by atoms with E-state index in [9.17, 15) is 9.59 Å². The maximum atomic E-state index is 11.4. The van der Waals surface area contributed by atoms with Crippen LogP contribution >= 0.6 is 0 Å². The third-order valence-corrected chi connectivity index (χ3v) is 1.83. The van der Waals surface area contributed by atoms with Gasteiger partial charge in [-0.05, 0) is 0 Å². The van der Waals surface area contributed by atoms with Crippen molar-refractivity contribution in [2.45, 2.75) is 20.3 Å². The van der Waals surface area contributed by atoms with Crippen molar-refractivity contribution in [1.82, 2.24) is 15.6 Å². The standard InChI is InChI=1S/C10H15N3O3/c1-7(14)11-3-4-12-10(15)5-9-6-16-8(2)13-9/h6H,3-5H2,1-2H3,(H,11,14)(H,12,15). The van der Waals surface area contributed by atoms with Crippen LogP contribution in [0.4, 0.5) is 0 Å². The molecular formula is C10H15N3O3. The van der Waals surface area contributed by atoms with Gasteiger partial charge in [0.25, 0.3) is 0 Å². The Morgan fingerprint density at radius 3 is 2.62 bits per heavy atom.